The van der Waals surface area contributed by atoms with E-state index >= 15 is 0 Å². The highest BCUT2D eigenvalue weighted by atomic mass is 16.2. The van der Waals surface area contributed by atoms with E-state index in [2.05, 4.69) is 10.9 Å². The topological polar surface area (TPSA) is 58.7 Å². The Bertz CT molecular complexity index is 388. The van der Waals surface area contributed by atoms with Gasteiger partial charge in [-0.1, -0.05) is 31.6 Å². The number of rotatable bonds is 2. The maximum Gasteiger partial charge on any atom is 0.346 e. The van der Waals surface area contributed by atoms with Crippen LogP contribution in [0.3, 0.4) is 0 Å². The quantitative estimate of drug-likeness (QED) is 0.600. The first-order valence-electron chi connectivity index (χ1n) is 6.77. The standard InChI is InChI=1S/C14H21N3O/c1-3-10(2)17-12(13(15)16-14(17)18)11-8-6-4-5-7-9-11/h1,10-12H,4-9H2,2H3,(H2,15,16,18). The molecule has 4 heteroatoms. The summed E-state index contributed by atoms with van der Waals surface area (Å²) in [5.74, 6) is 3.49. The van der Waals surface area contributed by atoms with E-state index in [1.165, 1.54) is 25.7 Å². The molecule has 0 radical (unpaired) electrons. The zero-order valence-corrected chi connectivity index (χ0v) is 10.9. The smallest absolute Gasteiger partial charge is 0.346 e. The number of nitrogens with zero attached hydrogens (tertiary/aromatic N) is 2. The van der Waals surface area contributed by atoms with Gasteiger partial charge in [0.1, 0.15) is 5.84 Å². The number of aliphatic imine (C=N–C) groups is 1. The molecule has 1 aliphatic heterocycles. The third kappa shape index (κ3) is 2.35. The van der Waals surface area contributed by atoms with Gasteiger partial charge in [0, 0.05) is 0 Å². The van der Waals surface area contributed by atoms with Gasteiger partial charge < -0.3 is 5.73 Å². The molecule has 4 nitrogen and oxygen atoms in total. The number of amides is 2. The molecule has 2 unspecified atom stereocenters. The lowest BCUT2D eigenvalue weighted by molar-refractivity contribution is 0.175. The van der Waals surface area contributed by atoms with Gasteiger partial charge in [-0.3, -0.25) is 4.90 Å². The summed E-state index contributed by atoms with van der Waals surface area (Å²) in [6, 6.07) is -0.593. The second-order valence-corrected chi connectivity index (χ2v) is 5.27. The normalized spacial score (nSPS) is 27.6. The van der Waals surface area contributed by atoms with Crippen LogP contribution in [0.15, 0.2) is 4.99 Å². The van der Waals surface area contributed by atoms with E-state index in [-0.39, 0.29) is 18.1 Å². The van der Waals surface area contributed by atoms with E-state index in [0.717, 1.165) is 12.8 Å². The van der Waals surface area contributed by atoms with Crippen LogP contribution in [0.4, 0.5) is 4.79 Å². The number of nitrogens with two attached hydrogens (primary N) is 1. The zero-order chi connectivity index (χ0) is 13.1. The summed E-state index contributed by atoms with van der Waals surface area (Å²) >= 11 is 0. The number of amidine groups is 1. The van der Waals surface area contributed by atoms with Crippen LogP contribution >= 0.6 is 0 Å². The largest absolute Gasteiger partial charge is 0.385 e. The lowest BCUT2D eigenvalue weighted by Crippen LogP contribution is -2.49. The molecule has 1 fully saturated rings. The average molecular weight is 247 g/mol. The molecule has 2 amide bonds. The minimum atomic E-state index is -0.271. The fraction of sp³-hybridized carbons (Fsp3) is 0.714. The van der Waals surface area contributed by atoms with E-state index in [4.69, 9.17) is 12.2 Å². The molecule has 0 saturated heterocycles. The minimum Gasteiger partial charge on any atom is -0.385 e. The summed E-state index contributed by atoms with van der Waals surface area (Å²) in [7, 11) is 0. The molecule has 18 heavy (non-hydrogen) atoms. The van der Waals surface area contributed by atoms with Crippen molar-refractivity contribution < 1.29 is 4.79 Å². The second kappa shape index (κ2) is 5.43. The van der Waals surface area contributed by atoms with Crippen LogP contribution in [0.5, 0.6) is 0 Å². The molecule has 0 aromatic rings. The molecular weight excluding hydrogens is 226 g/mol. The predicted octanol–water partition coefficient (Wildman–Crippen LogP) is 2.14. The number of hydrogen-bond donors (Lipinski definition) is 1. The average Bonchev–Trinajstić information content (AvgIpc) is 2.58. The lowest BCUT2D eigenvalue weighted by atomic mass is 9.90. The van der Waals surface area contributed by atoms with Crippen molar-refractivity contribution in [1.82, 2.24) is 4.90 Å². The molecule has 2 aliphatic rings. The Balaban J connectivity index is 2.19. The first-order valence-corrected chi connectivity index (χ1v) is 6.77. The highest BCUT2D eigenvalue weighted by Crippen LogP contribution is 2.31. The van der Waals surface area contributed by atoms with Crippen LogP contribution in [0.25, 0.3) is 0 Å². The molecule has 0 aromatic carbocycles. The van der Waals surface area contributed by atoms with E-state index in [9.17, 15) is 4.79 Å². The number of urea groups is 1. The first-order chi connectivity index (χ1) is 8.65. The van der Waals surface area contributed by atoms with Crippen LogP contribution in [-0.4, -0.2) is 28.9 Å². The second-order valence-electron chi connectivity index (χ2n) is 5.27. The fourth-order valence-electron chi connectivity index (χ4n) is 3.08. The minimum absolute atomic E-state index is 0.0818. The maximum atomic E-state index is 11.9. The molecule has 0 spiro atoms. The van der Waals surface area contributed by atoms with Crippen LogP contribution in [0.1, 0.15) is 45.4 Å². The van der Waals surface area contributed by atoms with Crippen molar-refractivity contribution >= 4 is 11.9 Å². The molecule has 98 valence electrons. The third-order valence-electron chi connectivity index (χ3n) is 4.05. The molecule has 0 aromatic heterocycles. The molecule has 2 atom stereocenters. The molecule has 0 bridgehead atoms. The summed E-state index contributed by atoms with van der Waals surface area (Å²) < 4.78 is 0. The lowest BCUT2D eigenvalue weighted by Gasteiger charge is -2.32. The van der Waals surface area contributed by atoms with Crippen molar-refractivity contribution in [3.05, 3.63) is 0 Å². The van der Waals surface area contributed by atoms with Crippen molar-refractivity contribution in [3.63, 3.8) is 0 Å². The number of terminal acetylenes is 1. The van der Waals surface area contributed by atoms with E-state index in [1.54, 1.807) is 4.90 Å². The van der Waals surface area contributed by atoms with E-state index in [1.807, 2.05) is 6.92 Å². The highest BCUT2D eigenvalue weighted by Gasteiger charge is 2.40. The van der Waals surface area contributed by atoms with Crippen molar-refractivity contribution in [3.8, 4) is 12.3 Å². The van der Waals surface area contributed by atoms with Crippen molar-refractivity contribution in [2.45, 2.75) is 57.5 Å². The van der Waals surface area contributed by atoms with Gasteiger partial charge >= 0.3 is 6.03 Å². The van der Waals surface area contributed by atoms with Crippen LogP contribution in [-0.2, 0) is 0 Å². The summed E-state index contributed by atoms with van der Waals surface area (Å²) in [5.41, 5.74) is 5.95. The van der Waals surface area contributed by atoms with Crippen LogP contribution in [0.2, 0.25) is 0 Å². The summed E-state index contributed by atoms with van der Waals surface area (Å²) in [6.07, 6.45) is 12.6. The summed E-state index contributed by atoms with van der Waals surface area (Å²) in [6.45, 7) is 1.86. The van der Waals surface area contributed by atoms with Gasteiger partial charge in [-0.15, -0.1) is 6.42 Å². The fourth-order valence-corrected chi connectivity index (χ4v) is 3.08. The first kappa shape index (κ1) is 12.9. The van der Waals surface area contributed by atoms with Crippen LogP contribution < -0.4 is 5.73 Å². The molecule has 2 N–H and O–H groups in total. The maximum absolute atomic E-state index is 11.9. The number of carbonyl (C=O) groups excluding carboxylic acids is 1. The monoisotopic (exact) mass is 247 g/mol. The van der Waals surface area contributed by atoms with Gasteiger partial charge in [0.15, 0.2) is 0 Å². The Hall–Kier alpha value is -1.50. The van der Waals surface area contributed by atoms with Gasteiger partial charge in [-0.05, 0) is 25.7 Å². The van der Waals surface area contributed by atoms with Gasteiger partial charge in [0.25, 0.3) is 0 Å². The molecule has 1 heterocycles. The molecule has 1 aliphatic carbocycles. The Morgan fingerprint density at radius 1 is 1.39 bits per heavy atom. The predicted molar refractivity (Wildman–Crippen MR) is 72.1 cm³/mol. The highest BCUT2D eigenvalue weighted by molar-refractivity contribution is 6.03. The van der Waals surface area contributed by atoms with Gasteiger partial charge in [0.05, 0.1) is 12.1 Å². The molecular formula is C14H21N3O. The van der Waals surface area contributed by atoms with Crippen molar-refractivity contribution in [1.29, 1.82) is 0 Å². The SMILES string of the molecule is C#CC(C)N1C(=O)N=C(N)C1C1CCCCCC1. The van der Waals surface area contributed by atoms with Crippen LogP contribution in [0, 0.1) is 18.3 Å². The number of carbonyl (C=O) groups is 1. The Kier molecular flexibility index (Phi) is 3.90. The third-order valence-corrected chi connectivity index (χ3v) is 4.05. The van der Waals surface area contributed by atoms with Gasteiger partial charge in [-0.25, -0.2) is 4.79 Å². The van der Waals surface area contributed by atoms with E-state index in [0.29, 0.717) is 11.8 Å². The Labute approximate surface area is 109 Å². The van der Waals surface area contributed by atoms with Crippen molar-refractivity contribution in [2.75, 3.05) is 0 Å². The molecule has 1 saturated carbocycles. The van der Waals surface area contributed by atoms with Gasteiger partial charge in [0.2, 0.25) is 0 Å². The molecule has 2 rings (SSSR count). The Morgan fingerprint density at radius 3 is 2.56 bits per heavy atom. The summed E-state index contributed by atoms with van der Waals surface area (Å²) in [4.78, 5) is 17.5. The van der Waals surface area contributed by atoms with Crippen molar-refractivity contribution in [2.24, 2.45) is 16.6 Å². The summed E-state index contributed by atoms with van der Waals surface area (Å²) in [5, 5.41) is 0. The Morgan fingerprint density at radius 2 is 2.00 bits per heavy atom. The number of hydrogen-bond acceptors (Lipinski definition) is 2. The zero-order valence-electron chi connectivity index (χ0n) is 10.9. The van der Waals surface area contributed by atoms with E-state index < -0.39 is 0 Å². The van der Waals surface area contributed by atoms with Gasteiger partial charge in [-0.2, -0.15) is 4.99 Å².